The summed E-state index contributed by atoms with van der Waals surface area (Å²) in [6, 6.07) is 0. The normalized spacial score (nSPS) is 16.8. The summed E-state index contributed by atoms with van der Waals surface area (Å²) in [5.74, 6) is 0.629. The van der Waals surface area contributed by atoms with Gasteiger partial charge in [-0.15, -0.1) is 0 Å². The topological polar surface area (TPSA) is 0 Å². The lowest BCUT2D eigenvalue weighted by molar-refractivity contribution is 0.149. The summed E-state index contributed by atoms with van der Waals surface area (Å²) in [6.07, 6.45) is 0. The average Bonchev–Trinajstić information content (AvgIpc) is 2.61. The van der Waals surface area contributed by atoms with Gasteiger partial charge in [-0.25, -0.2) is 0 Å². The maximum absolute atomic E-state index is 2.38. The maximum atomic E-state index is 2.38. The van der Waals surface area contributed by atoms with Crippen molar-refractivity contribution in [3.8, 4) is 0 Å². The van der Waals surface area contributed by atoms with Crippen LogP contribution in [-0.2, 0) is 0 Å². The first-order valence-electron chi connectivity index (χ1n) is 14.2. The van der Waals surface area contributed by atoms with Gasteiger partial charge in [0.15, 0.2) is 0 Å². The van der Waals surface area contributed by atoms with E-state index >= 15 is 0 Å². The minimum absolute atomic E-state index is 0. The largest absolute Gasteiger partial charge is 0.0776 e. The van der Waals surface area contributed by atoms with Crippen LogP contribution in [0.2, 0.25) is 0 Å². The molecule has 0 aromatic rings. The molecule has 0 aliphatic rings. The zero-order valence-corrected chi connectivity index (χ0v) is 29.1. The van der Waals surface area contributed by atoms with Crippen molar-refractivity contribution in [1.82, 2.24) is 0 Å². The predicted octanol–water partition coefficient (Wildman–Crippen LogP) is 13.2. The molecule has 0 aromatic heterocycles. The SMILES string of the molecule is C.C/C(=C(/C)C(C)(C)C(C)(C)C)C(C)C(C)(C)C.C/C(=C(\C)C(C)(C)C(C)(C)C)C(C)(C)C(C)(C)C. The maximum Gasteiger partial charge on any atom is -0.00962 e. The zero-order chi connectivity index (χ0) is 29.4. The standard InChI is InChI=1S/C18H36.C17H34.CH4/c1-13(17(9,10)15(3,4)5)14(2)18(11,12)16(6,7)8;1-12(13(2)15(4,5)6)14(3)17(10,11)16(7,8)9;/h1-12H3;13H,1-11H3;1H4/b14-13-;14-12+;. The summed E-state index contributed by atoms with van der Waals surface area (Å²) in [6.45, 7) is 54.0. The Kier molecular flexibility index (Phi) is 13.5. The molecule has 0 aliphatic heterocycles. The van der Waals surface area contributed by atoms with Crippen molar-refractivity contribution in [1.29, 1.82) is 0 Å². The molecule has 218 valence electrons. The van der Waals surface area contributed by atoms with Gasteiger partial charge in [0, 0.05) is 0 Å². The molecule has 1 unspecified atom stereocenters. The Labute approximate surface area is 232 Å². The molecule has 0 fully saturated rings. The third kappa shape index (κ3) is 9.05. The van der Waals surface area contributed by atoms with Gasteiger partial charge in [-0.2, -0.15) is 0 Å². The fraction of sp³-hybridized carbons (Fsp3) is 0.889. The van der Waals surface area contributed by atoms with E-state index in [-0.39, 0.29) is 34.5 Å². The van der Waals surface area contributed by atoms with E-state index in [1.807, 2.05) is 0 Å². The van der Waals surface area contributed by atoms with Crippen molar-refractivity contribution in [3.63, 3.8) is 0 Å². The van der Waals surface area contributed by atoms with Crippen LogP contribution in [0, 0.1) is 43.8 Å². The molecule has 0 aromatic carbocycles. The van der Waals surface area contributed by atoms with E-state index in [2.05, 4.69) is 159 Å². The van der Waals surface area contributed by atoms with Crippen LogP contribution < -0.4 is 0 Å². The van der Waals surface area contributed by atoms with Crippen molar-refractivity contribution in [2.24, 2.45) is 43.8 Å². The van der Waals surface area contributed by atoms with Crippen LogP contribution in [0.3, 0.4) is 0 Å². The zero-order valence-electron chi connectivity index (χ0n) is 29.1. The second-order valence-corrected chi connectivity index (χ2v) is 17.3. The molecule has 0 N–H and O–H groups in total. The first-order chi connectivity index (χ1) is 14.8. The van der Waals surface area contributed by atoms with Gasteiger partial charge in [0.25, 0.3) is 0 Å². The Morgan fingerprint density at radius 2 is 0.583 bits per heavy atom. The summed E-state index contributed by atoms with van der Waals surface area (Å²) >= 11 is 0. The third-order valence-corrected chi connectivity index (χ3v) is 11.5. The molecular formula is C36H74. The Morgan fingerprint density at radius 1 is 0.389 bits per heavy atom. The van der Waals surface area contributed by atoms with E-state index < -0.39 is 0 Å². The monoisotopic (exact) mass is 507 g/mol. The lowest BCUT2D eigenvalue weighted by Crippen LogP contribution is -2.36. The Balaban J connectivity index is -0.000000590. The molecular weight excluding hydrogens is 432 g/mol. The van der Waals surface area contributed by atoms with Crippen LogP contribution in [0.4, 0.5) is 0 Å². The highest BCUT2D eigenvalue weighted by molar-refractivity contribution is 5.26. The first kappa shape index (κ1) is 40.0. The highest BCUT2D eigenvalue weighted by Gasteiger charge is 2.41. The quantitative estimate of drug-likeness (QED) is 0.332. The molecule has 0 aliphatic carbocycles. The van der Waals surface area contributed by atoms with E-state index in [1.54, 1.807) is 22.3 Å². The smallest absolute Gasteiger partial charge is 0.00962 e. The van der Waals surface area contributed by atoms with Gasteiger partial charge in [-0.3, -0.25) is 0 Å². The molecule has 0 amide bonds. The Hall–Kier alpha value is -0.520. The van der Waals surface area contributed by atoms with Gasteiger partial charge in [-0.1, -0.05) is 161 Å². The van der Waals surface area contributed by atoms with Crippen LogP contribution in [0.25, 0.3) is 0 Å². The van der Waals surface area contributed by atoms with E-state index in [0.29, 0.717) is 16.7 Å². The second kappa shape index (κ2) is 12.1. The van der Waals surface area contributed by atoms with E-state index in [1.165, 1.54) is 0 Å². The van der Waals surface area contributed by atoms with Gasteiger partial charge < -0.3 is 0 Å². The first-order valence-corrected chi connectivity index (χ1v) is 14.2. The summed E-state index contributed by atoms with van der Waals surface area (Å²) in [4.78, 5) is 0. The molecule has 0 nitrogen and oxygen atoms in total. The van der Waals surface area contributed by atoms with Gasteiger partial charge in [0.05, 0.1) is 0 Å². The average molecular weight is 507 g/mol. The number of rotatable bonds is 4. The molecule has 0 heteroatoms. The Bertz CT molecular complexity index is 713. The number of allylic oxidation sites excluding steroid dienone is 4. The molecule has 0 radical (unpaired) electrons. The van der Waals surface area contributed by atoms with Crippen LogP contribution in [0.1, 0.15) is 167 Å². The van der Waals surface area contributed by atoms with Crippen LogP contribution in [0.5, 0.6) is 0 Å². The minimum Gasteiger partial charge on any atom is -0.0776 e. The molecule has 0 saturated carbocycles. The number of hydrogen-bond donors (Lipinski definition) is 0. The van der Waals surface area contributed by atoms with Gasteiger partial charge >= 0.3 is 0 Å². The fourth-order valence-corrected chi connectivity index (χ4v) is 4.09. The lowest BCUT2D eigenvalue weighted by Gasteiger charge is -2.46. The van der Waals surface area contributed by atoms with Crippen LogP contribution in [-0.4, -0.2) is 0 Å². The summed E-state index contributed by atoms with van der Waals surface area (Å²) in [7, 11) is 0. The molecule has 1 atom stereocenters. The highest BCUT2D eigenvalue weighted by Crippen LogP contribution is 2.51. The van der Waals surface area contributed by atoms with Crippen molar-refractivity contribution in [2.75, 3.05) is 0 Å². The van der Waals surface area contributed by atoms with Crippen molar-refractivity contribution < 1.29 is 0 Å². The molecule has 0 heterocycles. The van der Waals surface area contributed by atoms with Crippen LogP contribution >= 0.6 is 0 Å². The van der Waals surface area contributed by atoms with E-state index in [0.717, 1.165) is 0 Å². The highest BCUT2D eigenvalue weighted by atomic mass is 14.5. The van der Waals surface area contributed by atoms with Crippen LogP contribution in [0.15, 0.2) is 22.3 Å². The van der Waals surface area contributed by atoms with E-state index in [4.69, 9.17) is 0 Å². The number of hydrogen-bond acceptors (Lipinski definition) is 0. The minimum atomic E-state index is 0. The van der Waals surface area contributed by atoms with Gasteiger partial charge in [-0.05, 0) is 71.5 Å². The summed E-state index contributed by atoms with van der Waals surface area (Å²) in [5, 5.41) is 0. The van der Waals surface area contributed by atoms with Crippen molar-refractivity contribution in [3.05, 3.63) is 22.3 Å². The predicted molar refractivity (Wildman–Crippen MR) is 172 cm³/mol. The Morgan fingerprint density at radius 3 is 0.750 bits per heavy atom. The van der Waals surface area contributed by atoms with Crippen molar-refractivity contribution >= 4 is 0 Å². The summed E-state index contributed by atoms with van der Waals surface area (Å²) in [5.41, 5.74) is 8.14. The van der Waals surface area contributed by atoms with Crippen molar-refractivity contribution in [2.45, 2.75) is 167 Å². The third-order valence-electron chi connectivity index (χ3n) is 11.5. The fourth-order valence-electron chi connectivity index (χ4n) is 4.09. The van der Waals surface area contributed by atoms with Gasteiger partial charge in [0.1, 0.15) is 0 Å². The second-order valence-electron chi connectivity index (χ2n) is 17.3. The molecule has 0 spiro atoms. The molecule has 36 heavy (non-hydrogen) atoms. The summed E-state index contributed by atoms with van der Waals surface area (Å²) < 4.78 is 0. The molecule has 0 saturated heterocycles. The molecule has 0 rings (SSSR count). The van der Waals surface area contributed by atoms with Gasteiger partial charge in [0.2, 0.25) is 0 Å². The van der Waals surface area contributed by atoms with E-state index in [9.17, 15) is 0 Å². The molecule has 0 bridgehead atoms. The lowest BCUT2D eigenvalue weighted by atomic mass is 9.59.